The molecule has 3 nitrogen and oxygen atoms in total. The Morgan fingerprint density at radius 2 is 1.88 bits per heavy atom. The summed E-state index contributed by atoms with van der Waals surface area (Å²) in [6, 6.07) is 9.38. The first kappa shape index (κ1) is 10.4. The molecule has 1 unspecified atom stereocenters. The monoisotopic (exact) mass is 214 g/mol. The summed E-state index contributed by atoms with van der Waals surface area (Å²) in [5, 5.41) is 0. The second kappa shape index (κ2) is 4.14. The van der Waals surface area contributed by atoms with Crippen molar-refractivity contribution in [3.8, 4) is 0 Å². The molecule has 0 amide bonds. The van der Waals surface area contributed by atoms with Gasteiger partial charge in [-0.25, -0.2) is 9.59 Å². The number of carbonyl (C=O) groups excluding carboxylic acids is 2. The van der Waals surface area contributed by atoms with E-state index in [9.17, 15) is 9.59 Å². The first-order valence-electron chi connectivity index (χ1n) is 4.87. The second-order valence-electron chi connectivity index (χ2n) is 3.43. The minimum atomic E-state index is -0.609. The third kappa shape index (κ3) is 1.80. The van der Waals surface area contributed by atoms with E-state index in [2.05, 4.69) is 11.3 Å². The third-order valence-electron chi connectivity index (χ3n) is 2.43. The van der Waals surface area contributed by atoms with E-state index >= 15 is 0 Å². The summed E-state index contributed by atoms with van der Waals surface area (Å²) in [6.45, 7) is 3.68. The molecule has 0 aromatic heterocycles. The second-order valence-corrected chi connectivity index (χ2v) is 3.43. The van der Waals surface area contributed by atoms with E-state index in [-0.39, 0.29) is 5.92 Å². The van der Waals surface area contributed by atoms with Crippen LogP contribution < -0.4 is 0 Å². The predicted octanol–water partition coefficient (Wildman–Crippen LogP) is 1.97. The number of ether oxygens (including phenoxy) is 1. The summed E-state index contributed by atoms with van der Waals surface area (Å²) < 4.78 is 4.46. The van der Waals surface area contributed by atoms with Gasteiger partial charge in [0.05, 0.1) is 5.57 Å². The Bertz CT molecular complexity index is 471. The Morgan fingerprint density at radius 1 is 1.19 bits per heavy atom. The lowest BCUT2D eigenvalue weighted by Gasteiger charge is -2.11. The number of carbonyl (C=O) groups is 2. The van der Waals surface area contributed by atoms with Gasteiger partial charge < -0.3 is 4.74 Å². The maximum Gasteiger partial charge on any atom is 0.343 e. The van der Waals surface area contributed by atoms with Crippen molar-refractivity contribution in [1.82, 2.24) is 0 Å². The molecule has 1 aliphatic rings. The Kier molecular flexibility index (Phi) is 2.68. The van der Waals surface area contributed by atoms with Crippen LogP contribution in [0.1, 0.15) is 11.5 Å². The fraction of sp³-hybridized carbons (Fsp3) is 0.0769. The van der Waals surface area contributed by atoms with Gasteiger partial charge in [-0.05, 0) is 5.56 Å². The molecule has 2 rings (SSSR count). The molecule has 0 aliphatic carbocycles. The van der Waals surface area contributed by atoms with Crippen molar-refractivity contribution in [2.75, 3.05) is 0 Å². The Hall–Kier alpha value is -2.16. The van der Waals surface area contributed by atoms with Crippen LogP contribution in [0.25, 0.3) is 0 Å². The summed E-state index contributed by atoms with van der Waals surface area (Å²) in [5.41, 5.74) is 1.25. The minimum absolute atomic E-state index is 0.292. The van der Waals surface area contributed by atoms with Gasteiger partial charge in [-0.15, -0.1) is 6.58 Å². The number of cyclic esters (lactones) is 2. The standard InChI is InChI=1S/C13H10O3/c1-2-10(9-6-4-3-5-7-9)11-8-12(14)16-13(11)15/h2-8,10H,1H2. The van der Waals surface area contributed by atoms with E-state index in [1.807, 2.05) is 30.3 Å². The van der Waals surface area contributed by atoms with Crippen molar-refractivity contribution in [2.24, 2.45) is 0 Å². The topological polar surface area (TPSA) is 43.4 Å². The summed E-state index contributed by atoms with van der Waals surface area (Å²) in [5.74, 6) is -1.48. The maximum absolute atomic E-state index is 11.4. The first-order valence-corrected chi connectivity index (χ1v) is 4.87. The van der Waals surface area contributed by atoms with Crippen LogP contribution in [-0.4, -0.2) is 11.9 Å². The summed E-state index contributed by atoms with van der Waals surface area (Å²) in [6.07, 6.45) is 2.85. The number of hydrogen-bond donors (Lipinski definition) is 0. The molecule has 0 bridgehead atoms. The molecule has 0 spiro atoms. The van der Waals surface area contributed by atoms with Gasteiger partial charge in [0.1, 0.15) is 0 Å². The quantitative estimate of drug-likeness (QED) is 0.439. The molecule has 0 saturated carbocycles. The highest BCUT2D eigenvalue weighted by atomic mass is 16.6. The molecule has 0 radical (unpaired) electrons. The molecule has 0 fully saturated rings. The normalized spacial score (nSPS) is 16.6. The fourth-order valence-electron chi connectivity index (χ4n) is 1.69. The number of hydrogen-bond acceptors (Lipinski definition) is 3. The highest BCUT2D eigenvalue weighted by Gasteiger charge is 2.29. The Labute approximate surface area is 93.0 Å². The van der Waals surface area contributed by atoms with Crippen molar-refractivity contribution >= 4 is 11.9 Å². The van der Waals surface area contributed by atoms with Crippen molar-refractivity contribution in [2.45, 2.75) is 5.92 Å². The lowest BCUT2D eigenvalue weighted by Crippen LogP contribution is -2.08. The SMILES string of the molecule is C=CC(C1=CC(=O)OC1=O)c1ccccc1. The van der Waals surface area contributed by atoms with Crippen LogP contribution in [0.4, 0.5) is 0 Å². The molecule has 1 aliphatic heterocycles. The average molecular weight is 214 g/mol. The van der Waals surface area contributed by atoms with Crippen LogP contribution in [0, 0.1) is 0 Å². The van der Waals surface area contributed by atoms with Gasteiger partial charge >= 0.3 is 11.9 Å². The van der Waals surface area contributed by atoms with Crippen LogP contribution in [0.5, 0.6) is 0 Å². The highest BCUT2D eigenvalue weighted by Crippen LogP contribution is 2.28. The largest absolute Gasteiger partial charge is 0.386 e. The van der Waals surface area contributed by atoms with E-state index in [1.54, 1.807) is 6.08 Å². The van der Waals surface area contributed by atoms with Gasteiger partial charge in [0.15, 0.2) is 0 Å². The molecule has 16 heavy (non-hydrogen) atoms. The third-order valence-corrected chi connectivity index (χ3v) is 2.43. The van der Waals surface area contributed by atoms with E-state index in [4.69, 9.17) is 0 Å². The summed E-state index contributed by atoms with van der Waals surface area (Å²) >= 11 is 0. The van der Waals surface area contributed by atoms with Crippen molar-refractivity contribution in [3.05, 3.63) is 60.2 Å². The first-order chi connectivity index (χ1) is 7.72. The molecule has 1 aromatic carbocycles. The summed E-state index contributed by atoms with van der Waals surface area (Å²) in [7, 11) is 0. The van der Waals surface area contributed by atoms with Crippen molar-refractivity contribution in [3.63, 3.8) is 0 Å². The molecular weight excluding hydrogens is 204 g/mol. The number of esters is 2. The fourth-order valence-corrected chi connectivity index (χ4v) is 1.69. The zero-order chi connectivity index (χ0) is 11.5. The Morgan fingerprint density at radius 3 is 2.38 bits per heavy atom. The van der Waals surface area contributed by atoms with Crippen LogP contribution in [-0.2, 0) is 14.3 Å². The van der Waals surface area contributed by atoms with Gasteiger partial charge in [-0.3, -0.25) is 0 Å². The zero-order valence-electron chi connectivity index (χ0n) is 8.55. The van der Waals surface area contributed by atoms with Gasteiger partial charge in [0.25, 0.3) is 0 Å². The van der Waals surface area contributed by atoms with Gasteiger partial charge in [0.2, 0.25) is 0 Å². The van der Waals surface area contributed by atoms with Crippen LogP contribution in [0.15, 0.2) is 54.6 Å². The van der Waals surface area contributed by atoms with Crippen LogP contribution >= 0.6 is 0 Å². The lowest BCUT2D eigenvalue weighted by molar-refractivity contribution is -0.150. The van der Waals surface area contributed by atoms with E-state index in [0.717, 1.165) is 5.56 Å². The van der Waals surface area contributed by atoms with Gasteiger partial charge in [-0.1, -0.05) is 36.4 Å². The predicted molar refractivity (Wildman–Crippen MR) is 58.6 cm³/mol. The molecule has 1 aromatic rings. The maximum atomic E-state index is 11.4. The number of allylic oxidation sites excluding steroid dienone is 1. The van der Waals surface area contributed by atoms with Crippen LogP contribution in [0.2, 0.25) is 0 Å². The lowest BCUT2D eigenvalue weighted by atomic mass is 9.91. The molecule has 3 heteroatoms. The van der Waals surface area contributed by atoms with E-state index in [1.165, 1.54) is 6.08 Å². The summed E-state index contributed by atoms with van der Waals surface area (Å²) in [4.78, 5) is 22.4. The molecule has 80 valence electrons. The Balaban J connectivity index is 2.38. The molecular formula is C13H10O3. The minimum Gasteiger partial charge on any atom is -0.386 e. The van der Waals surface area contributed by atoms with Crippen molar-refractivity contribution in [1.29, 1.82) is 0 Å². The number of rotatable bonds is 3. The zero-order valence-corrected chi connectivity index (χ0v) is 8.55. The van der Waals surface area contributed by atoms with Crippen LogP contribution in [0.3, 0.4) is 0 Å². The van der Waals surface area contributed by atoms with Gasteiger partial charge in [-0.2, -0.15) is 0 Å². The van der Waals surface area contributed by atoms with Crippen molar-refractivity contribution < 1.29 is 14.3 Å². The highest BCUT2D eigenvalue weighted by molar-refractivity contribution is 6.09. The molecule has 0 saturated heterocycles. The number of benzene rings is 1. The molecule has 0 N–H and O–H groups in total. The smallest absolute Gasteiger partial charge is 0.343 e. The van der Waals surface area contributed by atoms with Gasteiger partial charge in [0, 0.05) is 12.0 Å². The van der Waals surface area contributed by atoms with E-state index < -0.39 is 11.9 Å². The average Bonchev–Trinajstić information content (AvgIpc) is 2.61. The molecule has 1 heterocycles. The van der Waals surface area contributed by atoms with E-state index in [0.29, 0.717) is 5.57 Å². The molecule has 1 atom stereocenters.